The zero-order chi connectivity index (χ0) is 12.3. The van der Waals surface area contributed by atoms with Gasteiger partial charge in [-0.25, -0.2) is 0 Å². The summed E-state index contributed by atoms with van der Waals surface area (Å²) in [6, 6.07) is 0. The minimum atomic E-state index is -1.11. The van der Waals surface area contributed by atoms with Gasteiger partial charge >= 0.3 is 0 Å². The molecule has 0 spiro atoms. The van der Waals surface area contributed by atoms with Crippen LogP contribution in [0.5, 0.6) is 0 Å². The number of rotatable bonds is 6. The van der Waals surface area contributed by atoms with Crippen LogP contribution in [0.3, 0.4) is 0 Å². The van der Waals surface area contributed by atoms with Crippen molar-refractivity contribution in [2.75, 3.05) is 0 Å². The van der Waals surface area contributed by atoms with Crippen LogP contribution in [0.4, 0.5) is 0 Å². The molecule has 3 heteroatoms. The van der Waals surface area contributed by atoms with Crippen molar-refractivity contribution in [3.63, 3.8) is 0 Å². The van der Waals surface area contributed by atoms with Crippen molar-refractivity contribution >= 4 is 24.2 Å². The molecule has 0 aromatic carbocycles. The van der Waals surface area contributed by atoms with Gasteiger partial charge in [0.25, 0.3) is 0 Å². The smallest absolute Gasteiger partial charge is 0.0684 e. The average molecular weight is 257 g/mol. The highest BCUT2D eigenvalue weighted by atomic mass is 28.4. The van der Waals surface area contributed by atoms with Crippen LogP contribution in [0, 0.1) is 0 Å². The fourth-order valence-corrected chi connectivity index (χ4v) is 25.2. The third-order valence-electron chi connectivity index (χ3n) is 2.97. The van der Waals surface area contributed by atoms with E-state index >= 15 is 0 Å². The molecule has 0 nitrogen and oxygen atoms in total. The maximum Gasteiger partial charge on any atom is 0.0684 e. The zero-order valence-electron chi connectivity index (χ0n) is 11.5. The SMILES string of the molecule is C=C[Si](C)(C)C[Si](C)(C)C[Si](C)(C)C=C. The van der Waals surface area contributed by atoms with Gasteiger partial charge in [0.2, 0.25) is 0 Å². The Labute approximate surface area is 99.5 Å². The molecule has 0 saturated carbocycles. The third-order valence-corrected chi connectivity index (χ3v) is 20.1. The molecule has 0 atom stereocenters. The fourth-order valence-electron chi connectivity index (χ4n) is 2.67. The summed E-state index contributed by atoms with van der Waals surface area (Å²) in [5.74, 6) is 0. The van der Waals surface area contributed by atoms with E-state index in [2.05, 4.69) is 63.8 Å². The summed E-state index contributed by atoms with van der Waals surface area (Å²) in [7, 11) is -3.26. The van der Waals surface area contributed by atoms with E-state index in [1.165, 1.54) is 11.3 Å². The fraction of sp³-hybridized carbons (Fsp3) is 0.667. The summed E-state index contributed by atoms with van der Waals surface area (Å²) in [5.41, 5.74) is 7.47. The quantitative estimate of drug-likeness (QED) is 0.607. The van der Waals surface area contributed by atoms with Crippen molar-refractivity contribution in [1.29, 1.82) is 0 Å². The monoisotopic (exact) mass is 256 g/mol. The van der Waals surface area contributed by atoms with Crippen molar-refractivity contribution in [3.05, 3.63) is 24.6 Å². The molecule has 0 N–H and O–H groups in total. The third kappa shape index (κ3) is 6.33. The van der Waals surface area contributed by atoms with Crippen LogP contribution in [0.1, 0.15) is 0 Å². The molecule has 0 radical (unpaired) electrons. The van der Waals surface area contributed by atoms with Gasteiger partial charge in [0, 0.05) is 8.07 Å². The molecule has 0 amide bonds. The lowest BCUT2D eigenvalue weighted by Crippen LogP contribution is -2.44. The Balaban J connectivity index is 4.56. The predicted molar refractivity (Wildman–Crippen MR) is 82.5 cm³/mol. The first-order valence-corrected chi connectivity index (χ1v) is 15.8. The Morgan fingerprint density at radius 3 is 1.20 bits per heavy atom. The van der Waals surface area contributed by atoms with Gasteiger partial charge in [0.1, 0.15) is 0 Å². The average Bonchev–Trinajstić information content (AvgIpc) is 2.00. The van der Waals surface area contributed by atoms with E-state index in [4.69, 9.17) is 0 Å². The molecule has 0 aromatic rings. The highest BCUT2D eigenvalue weighted by Gasteiger charge is 2.34. The summed E-state index contributed by atoms with van der Waals surface area (Å²) >= 11 is 0. The highest BCUT2D eigenvalue weighted by Crippen LogP contribution is 2.28. The molecule has 0 heterocycles. The Morgan fingerprint density at radius 2 is 1.00 bits per heavy atom. The van der Waals surface area contributed by atoms with E-state index in [-0.39, 0.29) is 0 Å². The summed E-state index contributed by atoms with van der Waals surface area (Å²) in [6.45, 7) is 22.9. The lowest BCUT2D eigenvalue weighted by atomic mass is 11.3. The molecule has 0 saturated heterocycles. The van der Waals surface area contributed by atoms with Crippen LogP contribution in [0.2, 0.25) is 50.6 Å². The predicted octanol–water partition coefficient (Wildman–Crippen LogP) is 4.64. The molecule has 15 heavy (non-hydrogen) atoms. The van der Waals surface area contributed by atoms with Gasteiger partial charge in [-0.3, -0.25) is 0 Å². The minimum Gasteiger partial charge on any atom is -0.107 e. The number of hydrogen-bond acceptors (Lipinski definition) is 0. The van der Waals surface area contributed by atoms with E-state index in [0.29, 0.717) is 0 Å². The van der Waals surface area contributed by atoms with E-state index in [1.54, 1.807) is 0 Å². The van der Waals surface area contributed by atoms with Gasteiger partial charge in [-0.15, -0.1) is 24.6 Å². The lowest BCUT2D eigenvalue weighted by Gasteiger charge is -2.34. The topological polar surface area (TPSA) is 0 Å². The highest BCUT2D eigenvalue weighted by molar-refractivity contribution is 7.04. The first-order chi connectivity index (χ1) is 6.54. The van der Waals surface area contributed by atoms with Crippen LogP contribution in [-0.4, -0.2) is 24.2 Å². The molecule has 0 bridgehead atoms. The summed E-state index contributed by atoms with van der Waals surface area (Å²) in [5, 5.41) is 0. The van der Waals surface area contributed by atoms with Crippen LogP contribution < -0.4 is 0 Å². The van der Waals surface area contributed by atoms with E-state index in [1.807, 2.05) is 0 Å². The molecule has 0 aliphatic carbocycles. The van der Waals surface area contributed by atoms with Crippen LogP contribution in [-0.2, 0) is 0 Å². The summed E-state index contributed by atoms with van der Waals surface area (Å²) in [6.07, 6.45) is 0. The largest absolute Gasteiger partial charge is 0.107 e. The molecule has 0 unspecified atom stereocenters. The van der Waals surface area contributed by atoms with Gasteiger partial charge in [0.15, 0.2) is 0 Å². The van der Waals surface area contributed by atoms with Crippen molar-refractivity contribution in [3.8, 4) is 0 Å². The maximum atomic E-state index is 4.01. The standard InChI is InChI=1S/C12H28Si3/c1-9-13(3,4)11-15(7,8)12-14(5,6)10-2/h9-10H,1-2,11-12H2,3-8H3. The van der Waals surface area contributed by atoms with E-state index < -0.39 is 24.2 Å². The van der Waals surface area contributed by atoms with Gasteiger partial charge in [0.05, 0.1) is 16.1 Å². The van der Waals surface area contributed by atoms with Crippen molar-refractivity contribution in [2.45, 2.75) is 50.6 Å². The van der Waals surface area contributed by atoms with Crippen LogP contribution >= 0.6 is 0 Å². The summed E-state index contributed by atoms with van der Waals surface area (Å²) < 4.78 is 0. The molecule has 0 fully saturated rings. The van der Waals surface area contributed by atoms with E-state index in [0.717, 1.165) is 0 Å². The Morgan fingerprint density at radius 1 is 0.733 bits per heavy atom. The van der Waals surface area contributed by atoms with Crippen molar-refractivity contribution < 1.29 is 0 Å². The lowest BCUT2D eigenvalue weighted by molar-refractivity contribution is 1.47. The maximum absolute atomic E-state index is 4.01. The molecule has 0 aromatic heterocycles. The van der Waals surface area contributed by atoms with Crippen molar-refractivity contribution in [1.82, 2.24) is 0 Å². The van der Waals surface area contributed by atoms with Gasteiger partial charge < -0.3 is 0 Å². The molecule has 0 aliphatic rings. The minimum absolute atomic E-state index is 1.04. The molecular weight excluding hydrogens is 228 g/mol. The first-order valence-electron chi connectivity index (χ1n) is 5.81. The molecular formula is C12H28Si3. The van der Waals surface area contributed by atoms with Crippen LogP contribution in [0.15, 0.2) is 24.6 Å². The Bertz CT molecular complexity index is 215. The van der Waals surface area contributed by atoms with Gasteiger partial charge in [-0.2, -0.15) is 0 Å². The second kappa shape index (κ2) is 4.97. The van der Waals surface area contributed by atoms with Crippen LogP contribution in [0.25, 0.3) is 0 Å². The Kier molecular flexibility index (Phi) is 5.02. The first kappa shape index (κ1) is 15.1. The van der Waals surface area contributed by atoms with Gasteiger partial charge in [-0.1, -0.05) is 50.6 Å². The summed E-state index contributed by atoms with van der Waals surface area (Å²) in [4.78, 5) is 0. The van der Waals surface area contributed by atoms with Crippen molar-refractivity contribution in [2.24, 2.45) is 0 Å². The molecule has 0 aliphatic heterocycles. The molecule has 88 valence electrons. The second-order valence-corrected chi connectivity index (χ2v) is 22.8. The molecule has 0 rings (SSSR count). The van der Waals surface area contributed by atoms with E-state index in [9.17, 15) is 0 Å². The second-order valence-electron chi connectivity index (χ2n) is 6.90. The van der Waals surface area contributed by atoms with Gasteiger partial charge in [-0.05, 0) is 0 Å². The zero-order valence-corrected chi connectivity index (χ0v) is 14.5. The Hall–Kier alpha value is 0.131. The normalized spacial score (nSPS) is 13.7. The number of hydrogen-bond donors (Lipinski definition) is 0.